The van der Waals surface area contributed by atoms with Gasteiger partial charge in [0.25, 0.3) is 0 Å². The number of benzene rings is 2. The van der Waals surface area contributed by atoms with Crippen LogP contribution in [0, 0.1) is 0 Å². The van der Waals surface area contributed by atoms with Crippen LogP contribution in [0.2, 0.25) is 10.0 Å². The van der Waals surface area contributed by atoms with E-state index in [4.69, 9.17) is 23.2 Å². The van der Waals surface area contributed by atoms with E-state index in [9.17, 15) is 13.5 Å². The Bertz CT molecular complexity index is 757. The van der Waals surface area contributed by atoms with Gasteiger partial charge in [-0.15, -0.1) is 0 Å². The smallest absolute Gasteiger partial charge is 0.175 e. The van der Waals surface area contributed by atoms with Gasteiger partial charge in [-0.2, -0.15) is 0 Å². The van der Waals surface area contributed by atoms with E-state index in [0.717, 1.165) is 6.26 Å². The molecule has 0 aliphatic carbocycles. The molecule has 0 radical (unpaired) electrons. The van der Waals surface area contributed by atoms with Crippen LogP contribution >= 0.6 is 23.2 Å². The van der Waals surface area contributed by atoms with Crippen molar-refractivity contribution in [3.63, 3.8) is 0 Å². The van der Waals surface area contributed by atoms with Crippen molar-refractivity contribution >= 4 is 33.0 Å². The molecule has 21 heavy (non-hydrogen) atoms. The first-order valence-electron chi connectivity index (χ1n) is 6.19. The maximum Gasteiger partial charge on any atom is 0.175 e. The van der Waals surface area contributed by atoms with E-state index in [0.29, 0.717) is 21.2 Å². The van der Waals surface area contributed by atoms with Gasteiger partial charge in [-0.25, -0.2) is 8.42 Å². The van der Waals surface area contributed by atoms with Gasteiger partial charge >= 0.3 is 0 Å². The lowest BCUT2D eigenvalue weighted by molar-refractivity contribution is 0.178. The van der Waals surface area contributed by atoms with Gasteiger partial charge in [0, 0.05) is 22.7 Å². The van der Waals surface area contributed by atoms with Crippen molar-refractivity contribution in [2.24, 2.45) is 0 Å². The van der Waals surface area contributed by atoms with E-state index < -0.39 is 15.9 Å². The molecule has 0 saturated heterocycles. The van der Waals surface area contributed by atoms with Crippen LogP contribution in [0.3, 0.4) is 0 Å². The predicted molar refractivity (Wildman–Crippen MR) is 84.7 cm³/mol. The maximum atomic E-state index is 11.5. The minimum atomic E-state index is -3.30. The molecule has 0 heterocycles. The molecule has 1 unspecified atom stereocenters. The van der Waals surface area contributed by atoms with Crippen molar-refractivity contribution < 1.29 is 13.5 Å². The number of hydrogen-bond donors (Lipinski definition) is 1. The molecule has 0 bridgehead atoms. The normalized spacial score (nSPS) is 13.1. The fourth-order valence-corrected chi connectivity index (χ4v) is 3.04. The Hall–Kier alpha value is -1.07. The summed E-state index contributed by atoms with van der Waals surface area (Å²) in [6.45, 7) is 0. The first-order valence-corrected chi connectivity index (χ1v) is 8.84. The molecule has 0 amide bonds. The number of aliphatic hydroxyl groups excluding tert-OH is 1. The van der Waals surface area contributed by atoms with Crippen LogP contribution in [0.4, 0.5) is 0 Å². The zero-order valence-electron chi connectivity index (χ0n) is 11.3. The summed E-state index contributed by atoms with van der Waals surface area (Å²) in [5.74, 6) is 0. The van der Waals surface area contributed by atoms with Crippen LogP contribution in [-0.2, 0) is 16.3 Å². The van der Waals surface area contributed by atoms with Crippen LogP contribution in [0.15, 0.2) is 47.4 Å². The zero-order chi connectivity index (χ0) is 15.6. The Morgan fingerprint density at radius 1 is 1.14 bits per heavy atom. The molecule has 0 fully saturated rings. The summed E-state index contributed by atoms with van der Waals surface area (Å²) < 4.78 is 23.1. The van der Waals surface area contributed by atoms with Crippen LogP contribution in [-0.4, -0.2) is 19.8 Å². The quantitative estimate of drug-likeness (QED) is 0.920. The molecule has 3 nitrogen and oxygen atoms in total. The van der Waals surface area contributed by atoms with Crippen molar-refractivity contribution in [1.82, 2.24) is 0 Å². The largest absolute Gasteiger partial charge is 0.388 e. The lowest BCUT2D eigenvalue weighted by Crippen LogP contribution is -2.04. The molecule has 6 heteroatoms. The minimum absolute atomic E-state index is 0.177. The summed E-state index contributed by atoms with van der Waals surface area (Å²) >= 11 is 12.0. The van der Waals surface area contributed by atoms with Gasteiger partial charge in [-0.3, -0.25) is 0 Å². The van der Waals surface area contributed by atoms with E-state index >= 15 is 0 Å². The van der Waals surface area contributed by atoms with Gasteiger partial charge in [-0.05, 0) is 41.5 Å². The van der Waals surface area contributed by atoms with E-state index in [2.05, 4.69) is 0 Å². The molecule has 112 valence electrons. The molecule has 2 rings (SSSR count). The summed E-state index contributed by atoms with van der Waals surface area (Å²) in [5.41, 5.74) is 1.23. The number of hydrogen-bond acceptors (Lipinski definition) is 3. The Morgan fingerprint density at radius 3 is 2.52 bits per heavy atom. The van der Waals surface area contributed by atoms with Crippen molar-refractivity contribution in [3.8, 4) is 0 Å². The molecular weight excluding hydrogens is 331 g/mol. The number of sulfone groups is 1. The minimum Gasteiger partial charge on any atom is -0.388 e. The molecule has 0 aliphatic heterocycles. The Kier molecular flexibility index (Phi) is 4.94. The fourth-order valence-electron chi connectivity index (χ4n) is 1.98. The summed E-state index contributed by atoms with van der Waals surface area (Å²) in [6, 6.07) is 11.3. The van der Waals surface area contributed by atoms with Crippen molar-refractivity contribution in [2.45, 2.75) is 17.4 Å². The Labute approximate surface area is 134 Å². The van der Waals surface area contributed by atoms with E-state index in [1.54, 1.807) is 30.3 Å². The molecule has 1 N–H and O–H groups in total. The highest BCUT2D eigenvalue weighted by Crippen LogP contribution is 2.27. The second-order valence-corrected chi connectivity index (χ2v) is 7.66. The fraction of sp³-hybridized carbons (Fsp3) is 0.200. The monoisotopic (exact) mass is 344 g/mol. The molecule has 0 spiro atoms. The van der Waals surface area contributed by atoms with Crippen LogP contribution in [0.25, 0.3) is 0 Å². The average molecular weight is 345 g/mol. The van der Waals surface area contributed by atoms with E-state index in [1.807, 2.05) is 0 Å². The first kappa shape index (κ1) is 16.3. The molecule has 1 atom stereocenters. The van der Waals surface area contributed by atoms with E-state index in [1.165, 1.54) is 12.1 Å². The predicted octanol–water partition coefficient (Wildman–Crippen LogP) is 3.67. The standard InChI is InChI=1S/C15H14Cl2O3S/c1-21(19,20)13-4-2-3-10(8-13)15(18)9-11-7-12(16)5-6-14(11)17/h2-8,15,18H,9H2,1H3. The summed E-state index contributed by atoms with van der Waals surface area (Å²) in [6.07, 6.45) is 0.529. The second kappa shape index (κ2) is 6.36. The molecular formula is C15H14Cl2O3S. The van der Waals surface area contributed by atoms with Gasteiger partial charge in [0.1, 0.15) is 0 Å². The van der Waals surface area contributed by atoms with Crippen LogP contribution in [0.5, 0.6) is 0 Å². The lowest BCUT2D eigenvalue weighted by Gasteiger charge is -2.13. The summed E-state index contributed by atoms with van der Waals surface area (Å²) in [5, 5.41) is 11.3. The Balaban J connectivity index is 2.28. The topological polar surface area (TPSA) is 54.4 Å². The molecule has 2 aromatic rings. The van der Waals surface area contributed by atoms with Gasteiger partial charge in [0.15, 0.2) is 9.84 Å². The number of halogens is 2. The van der Waals surface area contributed by atoms with Gasteiger partial charge in [0.05, 0.1) is 11.0 Å². The SMILES string of the molecule is CS(=O)(=O)c1cccc(C(O)Cc2cc(Cl)ccc2Cl)c1. The third-order valence-corrected chi connectivity index (χ3v) is 4.81. The summed E-state index contributed by atoms with van der Waals surface area (Å²) in [7, 11) is -3.30. The van der Waals surface area contributed by atoms with Crippen LogP contribution < -0.4 is 0 Å². The van der Waals surface area contributed by atoms with Crippen molar-refractivity contribution in [2.75, 3.05) is 6.26 Å². The third-order valence-electron chi connectivity index (χ3n) is 3.09. The lowest BCUT2D eigenvalue weighted by atomic mass is 10.0. The summed E-state index contributed by atoms with van der Waals surface area (Å²) in [4.78, 5) is 0.177. The highest BCUT2D eigenvalue weighted by molar-refractivity contribution is 7.90. The zero-order valence-corrected chi connectivity index (χ0v) is 13.6. The van der Waals surface area contributed by atoms with Gasteiger partial charge < -0.3 is 5.11 Å². The van der Waals surface area contributed by atoms with Gasteiger partial charge in [0.2, 0.25) is 0 Å². The van der Waals surface area contributed by atoms with Crippen molar-refractivity contribution in [1.29, 1.82) is 0 Å². The average Bonchev–Trinajstić information content (AvgIpc) is 2.42. The van der Waals surface area contributed by atoms with E-state index in [-0.39, 0.29) is 11.3 Å². The number of rotatable bonds is 4. The molecule has 2 aromatic carbocycles. The van der Waals surface area contributed by atoms with Gasteiger partial charge in [-0.1, -0.05) is 35.3 Å². The van der Waals surface area contributed by atoms with Crippen LogP contribution in [0.1, 0.15) is 17.2 Å². The highest BCUT2D eigenvalue weighted by Gasteiger charge is 2.14. The molecule has 0 saturated carbocycles. The van der Waals surface area contributed by atoms with Crippen molar-refractivity contribution in [3.05, 3.63) is 63.6 Å². The number of aliphatic hydroxyl groups is 1. The molecule has 0 aliphatic rings. The maximum absolute atomic E-state index is 11.5. The third kappa shape index (κ3) is 4.20. The Morgan fingerprint density at radius 2 is 1.86 bits per heavy atom. The highest BCUT2D eigenvalue weighted by atomic mass is 35.5. The second-order valence-electron chi connectivity index (χ2n) is 4.80. The first-order chi connectivity index (χ1) is 9.77. The molecule has 0 aromatic heterocycles.